The number of non-ortho nitro benzene ring substituents is 1. The summed E-state index contributed by atoms with van der Waals surface area (Å²) in [5.74, 6) is 0. The lowest BCUT2D eigenvalue weighted by Gasteiger charge is -2.07. The van der Waals surface area contributed by atoms with E-state index in [-0.39, 0.29) is 5.69 Å². The second-order valence-electron chi connectivity index (χ2n) is 5.20. The summed E-state index contributed by atoms with van der Waals surface area (Å²) in [5.41, 5.74) is 11.6. The molecule has 8 heteroatoms. The minimum atomic E-state index is -0.470. The molecule has 3 aromatic carbocycles. The Hall–Kier alpha value is -4.03. The van der Waals surface area contributed by atoms with Crippen molar-refractivity contribution in [3.05, 3.63) is 93.4 Å². The summed E-state index contributed by atoms with van der Waals surface area (Å²) in [6.07, 6.45) is 0. The van der Waals surface area contributed by atoms with E-state index in [0.29, 0.717) is 28.2 Å². The molecular formula is C18H12N6O2. The van der Waals surface area contributed by atoms with Gasteiger partial charge in [-0.1, -0.05) is 35.4 Å². The summed E-state index contributed by atoms with van der Waals surface area (Å²) >= 11 is 0. The number of azo groups is 1. The summed E-state index contributed by atoms with van der Waals surface area (Å²) < 4.78 is 0. The Kier molecular flexibility index (Phi) is 4.98. The topological polar surface area (TPSA) is 117 Å². The SMILES string of the molecule is [N-]=[N+]=Nc1c(N=Nc2ccccc2)cccc1-c1ccc([N+](=O)[O-])cc1. The minimum absolute atomic E-state index is 0.0148. The summed E-state index contributed by atoms with van der Waals surface area (Å²) in [5, 5.41) is 22.9. The Labute approximate surface area is 148 Å². The van der Waals surface area contributed by atoms with Crippen molar-refractivity contribution in [2.24, 2.45) is 15.3 Å². The van der Waals surface area contributed by atoms with Crippen molar-refractivity contribution in [2.75, 3.05) is 0 Å². The Bertz CT molecular complexity index is 1010. The van der Waals surface area contributed by atoms with Gasteiger partial charge in [0.2, 0.25) is 0 Å². The Morgan fingerprint density at radius 3 is 2.27 bits per heavy atom. The van der Waals surface area contributed by atoms with Gasteiger partial charge in [-0.2, -0.15) is 10.2 Å². The molecule has 0 aliphatic carbocycles. The fraction of sp³-hybridized carbons (Fsp3) is 0. The molecule has 0 fully saturated rings. The highest BCUT2D eigenvalue weighted by Crippen LogP contribution is 2.39. The van der Waals surface area contributed by atoms with Crippen molar-refractivity contribution >= 4 is 22.7 Å². The molecule has 0 N–H and O–H groups in total. The normalized spacial score (nSPS) is 10.5. The molecule has 0 unspecified atom stereocenters. The van der Waals surface area contributed by atoms with Gasteiger partial charge in [0.1, 0.15) is 0 Å². The number of rotatable bonds is 5. The first-order valence-corrected chi connectivity index (χ1v) is 7.59. The van der Waals surface area contributed by atoms with Gasteiger partial charge < -0.3 is 0 Å². The first-order chi connectivity index (χ1) is 12.7. The van der Waals surface area contributed by atoms with E-state index in [9.17, 15) is 10.1 Å². The van der Waals surface area contributed by atoms with E-state index in [1.807, 2.05) is 18.2 Å². The van der Waals surface area contributed by atoms with Crippen molar-refractivity contribution in [3.63, 3.8) is 0 Å². The van der Waals surface area contributed by atoms with Gasteiger partial charge in [-0.15, -0.1) is 0 Å². The number of nitrogens with zero attached hydrogens (tertiary/aromatic N) is 6. The molecule has 3 aromatic rings. The highest BCUT2D eigenvalue weighted by Gasteiger charge is 2.11. The molecule has 0 aromatic heterocycles. The second-order valence-corrected chi connectivity index (χ2v) is 5.20. The van der Waals surface area contributed by atoms with Crippen LogP contribution in [0.1, 0.15) is 0 Å². The molecule has 126 valence electrons. The Balaban J connectivity index is 2.05. The van der Waals surface area contributed by atoms with Crippen molar-refractivity contribution < 1.29 is 4.92 Å². The lowest BCUT2D eigenvalue weighted by atomic mass is 10.0. The quantitative estimate of drug-likeness (QED) is 0.170. The number of azide groups is 1. The zero-order chi connectivity index (χ0) is 18.4. The van der Waals surface area contributed by atoms with E-state index in [4.69, 9.17) is 5.53 Å². The molecular weight excluding hydrogens is 332 g/mol. The fourth-order valence-corrected chi connectivity index (χ4v) is 2.36. The van der Waals surface area contributed by atoms with E-state index in [0.717, 1.165) is 0 Å². The first-order valence-electron chi connectivity index (χ1n) is 7.59. The van der Waals surface area contributed by atoms with Crippen LogP contribution in [-0.4, -0.2) is 4.92 Å². The smallest absolute Gasteiger partial charge is 0.258 e. The molecule has 0 spiro atoms. The van der Waals surface area contributed by atoms with Crippen LogP contribution in [0, 0.1) is 10.1 Å². The van der Waals surface area contributed by atoms with Crippen LogP contribution in [0.4, 0.5) is 22.7 Å². The van der Waals surface area contributed by atoms with Crippen LogP contribution in [0.2, 0.25) is 0 Å². The predicted octanol–water partition coefficient (Wildman–Crippen LogP) is 6.62. The van der Waals surface area contributed by atoms with Crippen LogP contribution in [0.15, 0.2) is 88.1 Å². The standard InChI is InChI=1S/C18H12N6O2/c19-23-22-18-16(13-9-11-15(12-10-13)24(25)26)7-4-8-17(18)21-20-14-5-2-1-3-6-14/h1-12H. The van der Waals surface area contributed by atoms with Crippen molar-refractivity contribution in [3.8, 4) is 11.1 Å². The predicted molar refractivity (Wildman–Crippen MR) is 98.0 cm³/mol. The lowest BCUT2D eigenvalue weighted by Crippen LogP contribution is -1.87. The van der Waals surface area contributed by atoms with Crippen LogP contribution in [0.5, 0.6) is 0 Å². The van der Waals surface area contributed by atoms with Crippen molar-refractivity contribution in [1.82, 2.24) is 0 Å². The van der Waals surface area contributed by atoms with E-state index in [2.05, 4.69) is 20.3 Å². The van der Waals surface area contributed by atoms with Gasteiger partial charge in [0.15, 0.2) is 0 Å². The van der Waals surface area contributed by atoms with Crippen LogP contribution >= 0.6 is 0 Å². The average Bonchev–Trinajstić information content (AvgIpc) is 2.68. The third kappa shape index (κ3) is 3.72. The summed E-state index contributed by atoms with van der Waals surface area (Å²) in [4.78, 5) is 13.2. The molecule has 0 heterocycles. The van der Waals surface area contributed by atoms with E-state index in [1.54, 1.807) is 42.5 Å². The highest BCUT2D eigenvalue weighted by atomic mass is 16.6. The van der Waals surface area contributed by atoms with Crippen molar-refractivity contribution in [2.45, 2.75) is 0 Å². The molecule has 0 saturated heterocycles. The van der Waals surface area contributed by atoms with E-state index < -0.39 is 4.92 Å². The third-order valence-corrected chi connectivity index (χ3v) is 3.58. The van der Waals surface area contributed by atoms with Gasteiger partial charge in [0.05, 0.1) is 22.0 Å². The maximum atomic E-state index is 10.8. The summed E-state index contributed by atoms with van der Waals surface area (Å²) in [7, 11) is 0. The van der Waals surface area contributed by atoms with Gasteiger partial charge in [0, 0.05) is 17.0 Å². The maximum absolute atomic E-state index is 10.8. The van der Waals surface area contributed by atoms with Crippen LogP contribution in [0.3, 0.4) is 0 Å². The van der Waals surface area contributed by atoms with Gasteiger partial charge in [-0.05, 0) is 47.0 Å². The van der Waals surface area contributed by atoms with Crippen LogP contribution in [-0.2, 0) is 0 Å². The molecule has 3 rings (SSSR count). The first kappa shape index (κ1) is 16.8. The highest BCUT2D eigenvalue weighted by molar-refractivity contribution is 5.83. The van der Waals surface area contributed by atoms with Gasteiger partial charge >= 0.3 is 0 Å². The third-order valence-electron chi connectivity index (χ3n) is 3.58. The second kappa shape index (κ2) is 7.69. The zero-order valence-electron chi connectivity index (χ0n) is 13.4. The maximum Gasteiger partial charge on any atom is 0.269 e. The molecule has 0 bridgehead atoms. The monoisotopic (exact) mass is 344 g/mol. The number of hydrogen-bond acceptors (Lipinski definition) is 5. The van der Waals surface area contributed by atoms with Crippen LogP contribution < -0.4 is 0 Å². The molecule has 0 atom stereocenters. The average molecular weight is 344 g/mol. The summed E-state index contributed by atoms with van der Waals surface area (Å²) in [6.45, 7) is 0. The Morgan fingerprint density at radius 2 is 1.62 bits per heavy atom. The fourth-order valence-electron chi connectivity index (χ4n) is 2.36. The number of hydrogen-bond donors (Lipinski definition) is 0. The van der Waals surface area contributed by atoms with Crippen molar-refractivity contribution in [1.29, 1.82) is 0 Å². The van der Waals surface area contributed by atoms with Crippen LogP contribution in [0.25, 0.3) is 21.6 Å². The molecule has 0 radical (unpaired) electrons. The van der Waals surface area contributed by atoms with Gasteiger partial charge in [0.25, 0.3) is 5.69 Å². The van der Waals surface area contributed by atoms with E-state index >= 15 is 0 Å². The van der Waals surface area contributed by atoms with Gasteiger partial charge in [-0.3, -0.25) is 10.1 Å². The molecule has 0 amide bonds. The lowest BCUT2D eigenvalue weighted by molar-refractivity contribution is -0.384. The molecule has 8 nitrogen and oxygen atoms in total. The van der Waals surface area contributed by atoms with E-state index in [1.165, 1.54) is 12.1 Å². The zero-order valence-corrected chi connectivity index (χ0v) is 13.4. The molecule has 0 saturated carbocycles. The minimum Gasteiger partial charge on any atom is -0.258 e. The molecule has 26 heavy (non-hydrogen) atoms. The van der Waals surface area contributed by atoms with Gasteiger partial charge in [-0.25, -0.2) is 0 Å². The molecule has 0 aliphatic rings. The Morgan fingerprint density at radius 1 is 0.885 bits per heavy atom. The summed E-state index contributed by atoms with van der Waals surface area (Å²) in [6, 6.07) is 20.4. The largest absolute Gasteiger partial charge is 0.269 e. The number of benzene rings is 3. The number of nitro groups is 1. The number of nitro benzene ring substituents is 1. The molecule has 0 aliphatic heterocycles.